The summed E-state index contributed by atoms with van der Waals surface area (Å²) in [5.41, 5.74) is 2.77. The summed E-state index contributed by atoms with van der Waals surface area (Å²) in [5.74, 6) is -0.418. The van der Waals surface area contributed by atoms with Gasteiger partial charge >= 0.3 is 0 Å². The van der Waals surface area contributed by atoms with Gasteiger partial charge in [0.05, 0.1) is 23.0 Å². The third-order valence-corrected chi connectivity index (χ3v) is 4.33. The number of fused-ring (bicyclic) bond motifs is 1. The van der Waals surface area contributed by atoms with Crippen molar-refractivity contribution in [1.29, 1.82) is 0 Å². The second-order valence-corrected chi connectivity index (χ2v) is 6.24. The first-order chi connectivity index (χ1) is 9.54. The van der Waals surface area contributed by atoms with Gasteiger partial charge in [0.1, 0.15) is 5.82 Å². The van der Waals surface area contributed by atoms with Crippen molar-refractivity contribution in [2.45, 2.75) is 20.4 Å². The van der Waals surface area contributed by atoms with Gasteiger partial charge in [-0.05, 0) is 32.0 Å². The fraction of sp³-hybridized carbons (Fsp3) is 0.214. The van der Waals surface area contributed by atoms with Gasteiger partial charge in [0.25, 0.3) is 0 Å². The molecule has 3 rings (SSSR count). The van der Waals surface area contributed by atoms with E-state index in [2.05, 4.69) is 27.8 Å². The van der Waals surface area contributed by atoms with Gasteiger partial charge in [-0.25, -0.2) is 9.37 Å². The molecule has 6 heteroatoms. The van der Waals surface area contributed by atoms with Gasteiger partial charge in [0, 0.05) is 16.8 Å². The van der Waals surface area contributed by atoms with E-state index in [1.54, 1.807) is 23.5 Å². The van der Waals surface area contributed by atoms with E-state index in [1.807, 2.05) is 6.92 Å². The molecule has 0 atom stereocenters. The number of anilines is 1. The highest BCUT2D eigenvalue weighted by Gasteiger charge is 2.11. The Labute approximate surface area is 125 Å². The lowest BCUT2D eigenvalue weighted by molar-refractivity contribution is 0.628. The maximum Gasteiger partial charge on any atom is 0.194 e. The lowest BCUT2D eigenvalue weighted by Crippen LogP contribution is -2.03. The Morgan fingerprint density at radius 2 is 2.20 bits per heavy atom. The summed E-state index contributed by atoms with van der Waals surface area (Å²) in [4.78, 5) is 6.72. The smallest absolute Gasteiger partial charge is 0.194 e. The number of hydrogen-bond donors (Lipinski definition) is 1. The van der Waals surface area contributed by atoms with Crippen molar-refractivity contribution in [3.8, 4) is 0 Å². The van der Waals surface area contributed by atoms with Crippen molar-refractivity contribution in [2.75, 3.05) is 5.32 Å². The fourth-order valence-electron chi connectivity index (χ4n) is 2.11. The van der Waals surface area contributed by atoms with Crippen LogP contribution in [0.25, 0.3) is 4.96 Å². The van der Waals surface area contributed by atoms with Crippen molar-refractivity contribution in [3.63, 3.8) is 0 Å². The van der Waals surface area contributed by atoms with Crippen LogP contribution < -0.4 is 5.32 Å². The largest absolute Gasteiger partial charge is 0.379 e. The number of nitrogens with one attached hydrogen (secondary N) is 1. The fourth-order valence-corrected chi connectivity index (χ4v) is 3.12. The molecule has 0 aliphatic carbocycles. The number of rotatable bonds is 3. The van der Waals surface area contributed by atoms with E-state index in [4.69, 9.17) is 11.6 Å². The van der Waals surface area contributed by atoms with Crippen molar-refractivity contribution in [1.82, 2.24) is 9.38 Å². The molecule has 1 N–H and O–H groups in total. The highest BCUT2D eigenvalue weighted by Crippen LogP contribution is 2.23. The third kappa shape index (κ3) is 2.39. The second-order valence-electron chi connectivity index (χ2n) is 4.62. The van der Waals surface area contributed by atoms with Crippen molar-refractivity contribution in [3.05, 3.63) is 51.5 Å². The maximum absolute atomic E-state index is 13.4. The number of halogens is 2. The molecular formula is C14H13ClFN3S. The highest BCUT2D eigenvalue weighted by atomic mass is 35.5. The number of nitrogens with zero attached hydrogens (tertiary/aromatic N) is 2. The number of aryl methyl sites for hydroxylation is 2. The predicted octanol–water partition coefficient (Wildman–Crippen LogP) is 4.42. The van der Waals surface area contributed by atoms with Gasteiger partial charge in [-0.15, -0.1) is 11.3 Å². The predicted molar refractivity (Wildman–Crippen MR) is 81.3 cm³/mol. The van der Waals surface area contributed by atoms with Crippen LogP contribution in [0.5, 0.6) is 0 Å². The second kappa shape index (κ2) is 5.07. The molecule has 0 saturated carbocycles. The van der Waals surface area contributed by atoms with E-state index in [9.17, 15) is 4.39 Å². The first-order valence-electron chi connectivity index (χ1n) is 6.17. The molecule has 0 spiro atoms. The van der Waals surface area contributed by atoms with Gasteiger partial charge in [-0.3, -0.25) is 4.40 Å². The Morgan fingerprint density at radius 1 is 1.40 bits per heavy atom. The maximum atomic E-state index is 13.4. The summed E-state index contributed by atoms with van der Waals surface area (Å²) >= 11 is 7.33. The molecule has 0 aliphatic heterocycles. The Kier molecular flexibility index (Phi) is 3.40. The summed E-state index contributed by atoms with van der Waals surface area (Å²) in [6.45, 7) is 4.62. The zero-order valence-corrected chi connectivity index (χ0v) is 12.6. The summed E-state index contributed by atoms with van der Waals surface area (Å²) in [7, 11) is 0. The van der Waals surface area contributed by atoms with Gasteiger partial charge in [0.2, 0.25) is 0 Å². The number of imidazole rings is 1. The van der Waals surface area contributed by atoms with Crippen molar-refractivity contribution < 1.29 is 4.39 Å². The van der Waals surface area contributed by atoms with Crippen LogP contribution in [0.4, 0.5) is 10.1 Å². The number of thiazole rings is 1. The molecule has 0 amide bonds. The van der Waals surface area contributed by atoms with Crippen LogP contribution >= 0.6 is 22.9 Å². The van der Waals surface area contributed by atoms with Gasteiger partial charge in [-0.1, -0.05) is 11.6 Å². The summed E-state index contributed by atoms with van der Waals surface area (Å²) in [6.07, 6.45) is 2.07. The topological polar surface area (TPSA) is 29.3 Å². The molecule has 0 bridgehead atoms. The van der Waals surface area contributed by atoms with Crippen LogP contribution in [0.3, 0.4) is 0 Å². The van der Waals surface area contributed by atoms with E-state index >= 15 is 0 Å². The SMILES string of the molecule is Cc1cn2c(CNc3ccc(Cl)c(F)c3)c(C)nc2s1. The molecule has 2 heterocycles. The van der Waals surface area contributed by atoms with Crippen LogP contribution in [0.1, 0.15) is 16.3 Å². The molecule has 0 saturated heterocycles. The van der Waals surface area contributed by atoms with Gasteiger partial charge in [-0.2, -0.15) is 0 Å². The minimum absolute atomic E-state index is 0.131. The van der Waals surface area contributed by atoms with Crippen molar-refractivity contribution >= 4 is 33.6 Å². The lowest BCUT2D eigenvalue weighted by Gasteiger charge is -2.07. The normalized spacial score (nSPS) is 11.2. The zero-order chi connectivity index (χ0) is 14.3. The third-order valence-electron chi connectivity index (χ3n) is 3.12. The van der Waals surface area contributed by atoms with E-state index in [1.165, 1.54) is 10.9 Å². The molecule has 0 aliphatic rings. The molecule has 0 fully saturated rings. The zero-order valence-electron chi connectivity index (χ0n) is 11.1. The number of hydrogen-bond acceptors (Lipinski definition) is 3. The Morgan fingerprint density at radius 3 is 2.95 bits per heavy atom. The van der Waals surface area contributed by atoms with Gasteiger partial charge < -0.3 is 5.32 Å². The summed E-state index contributed by atoms with van der Waals surface area (Å²) < 4.78 is 15.5. The summed E-state index contributed by atoms with van der Waals surface area (Å²) in [5, 5.41) is 3.33. The lowest BCUT2D eigenvalue weighted by atomic mass is 10.3. The average molecular weight is 310 g/mol. The first kappa shape index (κ1) is 13.4. The molecule has 0 radical (unpaired) electrons. The van der Waals surface area contributed by atoms with Crippen LogP contribution in [-0.2, 0) is 6.54 Å². The van der Waals surface area contributed by atoms with E-state index in [-0.39, 0.29) is 5.02 Å². The first-order valence-corrected chi connectivity index (χ1v) is 7.37. The molecule has 1 aromatic carbocycles. The standard InChI is InChI=1S/C14H13ClFN3S/c1-8-7-19-13(9(2)18-14(19)20-8)6-17-10-3-4-11(15)12(16)5-10/h3-5,7,17H,6H2,1-2H3. The number of benzene rings is 1. The Bertz CT molecular complexity index is 778. The van der Waals surface area contributed by atoms with Crippen LogP contribution in [-0.4, -0.2) is 9.38 Å². The Hall–Kier alpha value is -1.59. The highest BCUT2D eigenvalue weighted by molar-refractivity contribution is 7.17. The van der Waals surface area contributed by atoms with E-state index < -0.39 is 5.82 Å². The Balaban J connectivity index is 1.85. The molecular weight excluding hydrogens is 297 g/mol. The quantitative estimate of drug-likeness (QED) is 0.776. The molecule has 3 aromatic rings. The number of aromatic nitrogens is 2. The van der Waals surface area contributed by atoms with Gasteiger partial charge in [0.15, 0.2) is 4.96 Å². The molecule has 2 aromatic heterocycles. The monoisotopic (exact) mass is 309 g/mol. The summed E-state index contributed by atoms with van der Waals surface area (Å²) in [6, 6.07) is 4.71. The van der Waals surface area contributed by atoms with E-state index in [0.29, 0.717) is 12.2 Å². The molecule has 0 unspecified atom stereocenters. The van der Waals surface area contributed by atoms with Crippen LogP contribution in [0.15, 0.2) is 24.4 Å². The molecule has 3 nitrogen and oxygen atoms in total. The van der Waals surface area contributed by atoms with Crippen LogP contribution in [0, 0.1) is 19.7 Å². The average Bonchev–Trinajstić information content (AvgIpc) is 2.87. The molecule has 20 heavy (non-hydrogen) atoms. The molecule has 104 valence electrons. The van der Waals surface area contributed by atoms with E-state index in [0.717, 1.165) is 16.3 Å². The van der Waals surface area contributed by atoms with Crippen LogP contribution in [0.2, 0.25) is 5.02 Å². The van der Waals surface area contributed by atoms with Crippen molar-refractivity contribution in [2.24, 2.45) is 0 Å². The minimum atomic E-state index is -0.418. The minimum Gasteiger partial charge on any atom is -0.379 e.